The number of thiazole rings is 1. The third-order valence-corrected chi connectivity index (χ3v) is 7.09. The van der Waals surface area contributed by atoms with Crippen molar-refractivity contribution < 1.29 is 27.5 Å². The van der Waals surface area contributed by atoms with Crippen LogP contribution in [0.2, 0.25) is 5.15 Å². The van der Waals surface area contributed by atoms with Crippen molar-refractivity contribution in [1.82, 2.24) is 24.8 Å². The van der Waals surface area contributed by atoms with E-state index in [2.05, 4.69) is 25.3 Å². The van der Waals surface area contributed by atoms with Crippen LogP contribution in [0.1, 0.15) is 49.2 Å². The number of ether oxygens (including phenoxy) is 1. The summed E-state index contributed by atoms with van der Waals surface area (Å²) in [5.41, 5.74) is 1.13. The second-order valence-corrected chi connectivity index (χ2v) is 9.92. The summed E-state index contributed by atoms with van der Waals surface area (Å²) >= 11 is 7.24. The molecule has 200 valence electrons. The predicted octanol–water partition coefficient (Wildman–Crippen LogP) is 5.45. The van der Waals surface area contributed by atoms with Gasteiger partial charge in [0.1, 0.15) is 16.6 Å². The maximum atomic E-state index is 14.2. The number of hydrogen-bond acceptors (Lipinski definition) is 8. The fourth-order valence-electron chi connectivity index (χ4n) is 4.03. The van der Waals surface area contributed by atoms with Crippen molar-refractivity contribution in [3.8, 4) is 16.9 Å². The summed E-state index contributed by atoms with van der Waals surface area (Å²) in [4.78, 5) is 44.1. The van der Waals surface area contributed by atoms with Crippen molar-refractivity contribution in [3.05, 3.63) is 80.8 Å². The first-order valence-electron chi connectivity index (χ1n) is 11.3. The highest BCUT2D eigenvalue weighted by molar-refractivity contribution is 7.16. The number of carbonyl (C=O) groups is 2. The number of anilines is 1. The van der Waals surface area contributed by atoms with Gasteiger partial charge in [-0.25, -0.2) is 28.1 Å². The van der Waals surface area contributed by atoms with Crippen LogP contribution in [-0.2, 0) is 13.1 Å². The molecule has 0 saturated heterocycles. The van der Waals surface area contributed by atoms with Gasteiger partial charge in [0.05, 0.1) is 42.5 Å². The molecule has 4 aromatic heterocycles. The second kappa shape index (κ2) is 10.6. The van der Waals surface area contributed by atoms with Crippen LogP contribution >= 0.6 is 22.9 Å². The monoisotopic (exact) mass is 574 g/mol. The zero-order valence-electron chi connectivity index (χ0n) is 20.3. The van der Waals surface area contributed by atoms with Gasteiger partial charge < -0.3 is 9.64 Å². The highest BCUT2D eigenvalue weighted by Crippen LogP contribution is 2.36. The molecule has 4 aromatic rings. The van der Waals surface area contributed by atoms with E-state index in [9.17, 15) is 22.8 Å². The van der Waals surface area contributed by atoms with E-state index >= 15 is 0 Å². The van der Waals surface area contributed by atoms with Crippen molar-refractivity contribution in [2.24, 2.45) is 0 Å². The number of hydrogen-bond donors (Lipinski definition) is 1. The number of aryl methyl sites for hydroxylation is 1. The lowest BCUT2D eigenvalue weighted by molar-refractivity contribution is 0.0737. The molecule has 1 N–H and O–H groups in total. The molecule has 5 rings (SSSR count). The number of aromatic nitrogens is 4. The van der Waals surface area contributed by atoms with E-state index in [0.717, 1.165) is 23.5 Å². The molecule has 0 aromatic carbocycles. The van der Waals surface area contributed by atoms with Gasteiger partial charge in [0, 0.05) is 23.0 Å². The molecule has 0 spiro atoms. The Morgan fingerprint density at radius 2 is 1.92 bits per heavy atom. The van der Waals surface area contributed by atoms with Gasteiger partial charge in [0.2, 0.25) is 0 Å². The normalized spacial score (nSPS) is 12.5. The van der Waals surface area contributed by atoms with Crippen LogP contribution in [0.3, 0.4) is 0 Å². The first-order valence-corrected chi connectivity index (χ1v) is 12.5. The molecular weight excluding hydrogens is 557 g/mol. The summed E-state index contributed by atoms with van der Waals surface area (Å²) in [5.74, 6) is -1.88. The van der Waals surface area contributed by atoms with Crippen molar-refractivity contribution in [2.45, 2.75) is 26.4 Å². The summed E-state index contributed by atoms with van der Waals surface area (Å²) in [6, 6.07) is 4.94. The molecule has 1 aliphatic heterocycles. The summed E-state index contributed by atoms with van der Waals surface area (Å²) in [6.07, 6.45) is -0.0468. The average molecular weight is 575 g/mol. The smallest absolute Gasteiger partial charge is 0.280 e. The molecule has 9 nitrogen and oxygen atoms in total. The minimum Gasteiger partial charge on any atom is -0.494 e. The molecule has 39 heavy (non-hydrogen) atoms. The van der Waals surface area contributed by atoms with Gasteiger partial charge in [-0.05, 0) is 31.2 Å². The SMILES string of the molecule is COc1cnc(Cl)cc1-c1cc(C)ncc1C(=O)Nc1nc2c(s1)CN(C(=O)c1nc(C(F)F)ccc1F)C2. The van der Waals surface area contributed by atoms with E-state index in [1.807, 2.05) is 0 Å². The molecule has 0 atom stereocenters. The number of fused-ring (bicyclic) bond motifs is 1. The Bertz CT molecular complexity index is 1590. The number of nitrogens with one attached hydrogen (secondary N) is 1. The Balaban J connectivity index is 1.35. The lowest BCUT2D eigenvalue weighted by Gasteiger charge is -2.16. The predicted molar refractivity (Wildman–Crippen MR) is 137 cm³/mol. The van der Waals surface area contributed by atoms with Crippen molar-refractivity contribution in [3.63, 3.8) is 0 Å². The van der Waals surface area contributed by atoms with Crippen molar-refractivity contribution in [2.75, 3.05) is 12.4 Å². The number of pyridine rings is 3. The zero-order valence-corrected chi connectivity index (χ0v) is 21.9. The van der Waals surface area contributed by atoms with Crippen LogP contribution in [-0.4, -0.2) is 43.8 Å². The maximum absolute atomic E-state index is 14.2. The highest BCUT2D eigenvalue weighted by atomic mass is 35.5. The Kier molecular flexibility index (Phi) is 7.19. The number of carbonyl (C=O) groups excluding carboxylic acids is 2. The van der Waals surface area contributed by atoms with Gasteiger partial charge >= 0.3 is 0 Å². The summed E-state index contributed by atoms with van der Waals surface area (Å²) < 4.78 is 45.5. The molecule has 2 amide bonds. The van der Waals surface area contributed by atoms with Crippen LogP contribution in [0.4, 0.5) is 18.3 Å². The summed E-state index contributed by atoms with van der Waals surface area (Å²) in [5, 5.41) is 3.26. The van der Waals surface area contributed by atoms with Crippen LogP contribution in [0.15, 0.2) is 36.7 Å². The maximum Gasteiger partial charge on any atom is 0.280 e. The number of methoxy groups -OCH3 is 1. The van der Waals surface area contributed by atoms with Crippen LogP contribution in [0.5, 0.6) is 5.75 Å². The third-order valence-electron chi connectivity index (χ3n) is 5.88. The molecule has 5 heterocycles. The number of halogens is 4. The zero-order chi connectivity index (χ0) is 27.8. The van der Waals surface area contributed by atoms with E-state index in [4.69, 9.17) is 16.3 Å². The summed E-state index contributed by atoms with van der Waals surface area (Å²) in [6.45, 7) is 1.85. The molecule has 0 aliphatic carbocycles. The van der Waals surface area contributed by atoms with E-state index in [1.165, 1.54) is 24.4 Å². The van der Waals surface area contributed by atoms with Gasteiger partial charge in [-0.3, -0.25) is 19.9 Å². The van der Waals surface area contributed by atoms with E-state index < -0.39 is 35.4 Å². The molecule has 0 unspecified atom stereocenters. The Morgan fingerprint density at radius 1 is 1.13 bits per heavy atom. The first kappa shape index (κ1) is 26.5. The number of amides is 2. The third kappa shape index (κ3) is 5.27. The van der Waals surface area contributed by atoms with E-state index in [1.54, 1.807) is 19.1 Å². The summed E-state index contributed by atoms with van der Waals surface area (Å²) in [7, 11) is 1.48. The number of alkyl halides is 2. The fourth-order valence-corrected chi connectivity index (χ4v) is 5.17. The topological polar surface area (TPSA) is 110 Å². The fraction of sp³-hybridized carbons (Fsp3) is 0.200. The van der Waals surface area contributed by atoms with Crippen molar-refractivity contribution >= 4 is 39.9 Å². The number of nitrogens with zero attached hydrogens (tertiary/aromatic N) is 5. The van der Waals surface area contributed by atoms with Gasteiger partial charge in [0.15, 0.2) is 16.6 Å². The number of rotatable bonds is 6. The van der Waals surface area contributed by atoms with Crippen LogP contribution < -0.4 is 10.1 Å². The van der Waals surface area contributed by atoms with Gasteiger partial charge in [0.25, 0.3) is 18.2 Å². The Morgan fingerprint density at radius 3 is 2.64 bits per heavy atom. The van der Waals surface area contributed by atoms with E-state index in [-0.39, 0.29) is 28.9 Å². The van der Waals surface area contributed by atoms with Crippen molar-refractivity contribution in [1.29, 1.82) is 0 Å². The molecule has 1 aliphatic rings. The second-order valence-electron chi connectivity index (χ2n) is 8.45. The minimum atomic E-state index is -2.94. The largest absolute Gasteiger partial charge is 0.494 e. The molecule has 0 fully saturated rings. The lowest BCUT2D eigenvalue weighted by atomic mass is 10.0. The lowest BCUT2D eigenvalue weighted by Crippen LogP contribution is -2.27. The van der Waals surface area contributed by atoms with Gasteiger partial charge in [-0.1, -0.05) is 22.9 Å². The molecule has 0 radical (unpaired) electrons. The van der Waals surface area contributed by atoms with Crippen LogP contribution in [0.25, 0.3) is 11.1 Å². The molecular formula is C25H18ClF3N6O3S. The Labute approximate surface area is 228 Å². The standard InChI is InChI=1S/C25H18ClF3N6O3S/c1-11-5-12(13-6-20(26)31-8-18(13)38-2)14(7-30-11)23(36)34-25-33-17-9-35(10-19(17)39-25)24(37)21-15(27)3-4-16(32-21)22(28)29/h3-8,22H,9-10H2,1-2H3,(H,33,34,36). The van der Waals surface area contributed by atoms with Crippen LogP contribution in [0, 0.1) is 12.7 Å². The van der Waals surface area contributed by atoms with Gasteiger partial charge in [-0.2, -0.15) is 0 Å². The average Bonchev–Trinajstić information content (AvgIpc) is 3.47. The first-order chi connectivity index (χ1) is 18.6. The highest BCUT2D eigenvalue weighted by Gasteiger charge is 2.31. The quantitative estimate of drug-likeness (QED) is 0.305. The molecule has 0 saturated carbocycles. The minimum absolute atomic E-state index is 0.00458. The Hall–Kier alpha value is -4.10. The molecule has 0 bridgehead atoms. The molecule has 14 heteroatoms. The van der Waals surface area contributed by atoms with Gasteiger partial charge in [-0.15, -0.1) is 0 Å². The van der Waals surface area contributed by atoms with E-state index in [0.29, 0.717) is 33.1 Å².